The Balaban J connectivity index is 2.03. The van der Waals surface area contributed by atoms with Gasteiger partial charge >= 0.3 is 5.97 Å². The number of carbonyl (C=O) groups excluding carboxylic acids is 1. The van der Waals surface area contributed by atoms with Crippen molar-refractivity contribution in [1.82, 2.24) is 4.90 Å². The van der Waals surface area contributed by atoms with Crippen molar-refractivity contribution in [2.24, 2.45) is 5.92 Å². The minimum Gasteiger partial charge on any atom is -0.478 e. The Hall–Kier alpha value is -1.84. The molecule has 1 aromatic rings. The summed E-state index contributed by atoms with van der Waals surface area (Å²) < 4.78 is 0. The molecule has 1 unspecified atom stereocenters. The number of likely N-dealkylation sites (tertiary alicyclic amines) is 1. The van der Waals surface area contributed by atoms with Crippen LogP contribution in [0.5, 0.6) is 0 Å². The maximum absolute atomic E-state index is 12.4. The van der Waals surface area contributed by atoms with E-state index in [4.69, 9.17) is 0 Å². The first kappa shape index (κ1) is 15.5. The summed E-state index contributed by atoms with van der Waals surface area (Å²) in [7, 11) is 0. The highest BCUT2D eigenvalue weighted by molar-refractivity contribution is 5.91. The van der Waals surface area contributed by atoms with E-state index in [0.29, 0.717) is 11.5 Å². The SMILES string of the molecule is CCC1CCCN(C(=O)Cc2ccccc2C(=O)O)CC1. The van der Waals surface area contributed by atoms with Crippen molar-refractivity contribution in [3.63, 3.8) is 0 Å². The van der Waals surface area contributed by atoms with E-state index in [1.165, 1.54) is 12.8 Å². The molecule has 1 amide bonds. The van der Waals surface area contributed by atoms with Crippen LogP contribution in [0.3, 0.4) is 0 Å². The molecule has 1 atom stereocenters. The molecule has 4 heteroatoms. The minimum atomic E-state index is -0.972. The summed E-state index contributed by atoms with van der Waals surface area (Å²) in [5.74, 6) is -0.213. The second kappa shape index (κ2) is 7.25. The summed E-state index contributed by atoms with van der Waals surface area (Å²) in [5, 5.41) is 9.18. The molecule has 21 heavy (non-hydrogen) atoms. The van der Waals surface area contributed by atoms with Crippen LogP contribution in [0.2, 0.25) is 0 Å². The second-order valence-corrected chi connectivity index (χ2v) is 5.73. The van der Waals surface area contributed by atoms with Crippen LogP contribution >= 0.6 is 0 Å². The van der Waals surface area contributed by atoms with Crippen molar-refractivity contribution >= 4 is 11.9 Å². The van der Waals surface area contributed by atoms with Crippen LogP contribution < -0.4 is 0 Å². The molecule has 2 rings (SSSR count). The molecule has 1 aliphatic rings. The predicted molar refractivity (Wildman–Crippen MR) is 81.3 cm³/mol. The van der Waals surface area contributed by atoms with Gasteiger partial charge in [0.15, 0.2) is 0 Å². The van der Waals surface area contributed by atoms with E-state index in [-0.39, 0.29) is 17.9 Å². The maximum Gasteiger partial charge on any atom is 0.335 e. The Morgan fingerprint density at radius 1 is 1.24 bits per heavy atom. The zero-order valence-corrected chi connectivity index (χ0v) is 12.5. The third-order valence-corrected chi connectivity index (χ3v) is 4.37. The van der Waals surface area contributed by atoms with E-state index < -0.39 is 5.97 Å². The largest absolute Gasteiger partial charge is 0.478 e. The van der Waals surface area contributed by atoms with Crippen molar-refractivity contribution < 1.29 is 14.7 Å². The predicted octanol–water partition coefficient (Wildman–Crippen LogP) is 2.97. The molecule has 4 nitrogen and oxygen atoms in total. The summed E-state index contributed by atoms with van der Waals surface area (Å²) in [4.78, 5) is 25.5. The quantitative estimate of drug-likeness (QED) is 0.927. The summed E-state index contributed by atoms with van der Waals surface area (Å²) >= 11 is 0. The normalized spacial score (nSPS) is 19.1. The molecule has 0 saturated carbocycles. The van der Waals surface area contributed by atoms with Gasteiger partial charge in [0.05, 0.1) is 12.0 Å². The van der Waals surface area contributed by atoms with Crippen molar-refractivity contribution in [2.75, 3.05) is 13.1 Å². The lowest BCUT2D eigenvalue weighted by molar-refractivity contribution is -0.130. The summed E-state index contributed by atoms with van der Waals surface area (Å²) in [6, 6.07) is 6.76. The number of carboxylic acids is 1. The summed E-state index contributed by atoms with van der Waals surface area (Å²) in [6.45, 7) is 3.79. The molecule has 0 bridgehead atoms. The Morgan fingerprint density at radius 3 is 2.71 bits per heavy atom. The molecule has 1 N–H and O–H groups in total. The lowest BCUT2D eigenvalue weighted by Crippen LogP contribution is -2.33. The van der Waals surface area contributed by atoms with Gasteiger partial charge in [0, 0.05) is 13.1 Å². The molecular formula is C17H23NO3. The van der Waals surface area contributed by atoms with Gasteiger partial charge in [-0.2, -0.15) is 0 Å². The standard InChI is InChI=1S/C17H23NO3/c1-2-13-6-5-10-18(11-9-13)16(19)12-14-7-3-4-8-15(14)17(20)21/h3-4,7-8,13H,2,5-6,9-12H2,1H3,(H,20,21). The fourth-order valence-corrected chi connectivity index (χ4v) is 2.98. The lowest BCUT2D eigenvalue weighted by atomic mass is 9.98. The monoisotopic (exact) mass is 289 g/mol. The first-order valence-electron chi connectivity index (χ1n) is 7.70. The zero-order chi connectivity index (χ0) is 15.2. The highest BCUT2D eigenvalue weighted by Gasteiger charge is 2.21. The van der Waals surface area contributed by atoms with Crippen molar-refractivity contribution in [1.29, 1.82) is 0 Å². The fraction of sp³-hybridized carbons (Fsp3) is 0.529. The van der Waals surface area contributed by atoms with Gasteiger partial charge in [-0.25, -0.2) is 4.79 Å². The van der Waals surface area contributed by atoms with Gasteiger partial charge in [0.1, 0.15) is 0 Å². The Morgan fingerprint density at radius 2 is 2.00 bits per heavy atom. The third-order valence-electron chi connectivity index (χ3n) is 4.37. The van der Waals surface area contributed by atoms with E-state index >= 15 is 0 Å². The average molecular weight is 289 g/mol. The molecule has 0 spiro atoms. The smallest absolute Gasteiger partial charge is 0.335 e. The summed E-state index contributed by atoms with van der Waals surface area (Å²) in [5.41, 5.74) is 0.832. The number of hydrogen-bond donors (Lipinski definition) is 1. The van der Waals surface area contributed by atoms with Gasteiger partial charge in [-0.15, -0.1) is 0 Å². The number of benzene rings is 1. The topological polar surface area (TPSA) is 57.6 Å². The molecule has 1 saturated heterocycles. The Labute approximate surface area is 125 Å². The van der Waals surface area contributed by atoms with Crippen molar-refractivity contribution in [3.8, 4) is 0 Å². The van der Waals surface area contributed by atoms with Crippen LogP contribution in [-0.2, 0) is 11.2 Å². The minimum absolute atomic E-state index is 0.0421. The number of nitrogens with zero attached hydrogens (tertiary/aromatic N) is 1. The summed E-state index contributed by atoms with van der Waals surface area (Å²) in [6.07, 6.45) is 4.64. The highest BCUT2D eigenvalue weighted by Crippen LogP contribution is 2.21. The Bertz CT molecular complexity index is 513. The average Bonchev–Trinajstić information content (AvgIpc) is 2.73. The molecular weight excluding hydrogens is 266 g/mol. The van der Waals surface area contributed by atoms with Gasteiger partial charge < -0.3 is 10.0 Å². The van der Waals surface area contributed by atoms with Crippen LogP contribution in [0.1, 0.15) is 48.5 Å². The molecule has 0 radical (unpaired) electrons. The number of hydrogen-bond acceptors (Lipinski definition) is 2. The Kier molecular flexibility index (Phi) is 5.37. The van der Waals surface area contributed by atoms with E-state index in [0.717, 1.165) is 25.9 Å². The van der Waals surface area contributed by atoms with Crippen molar-refractivity contribution in [3.05, 3.63) is 35.4 Å². The number of carbonyl (C=O) groups is 2. The molecule has 0 aromatic heterocycles. The van der Waals surface area contributed by atoms with E-state index in [2.05, 4.69) is 6.92 Å². The molecule has 1 aliphatic heterocycles. The van der Waals surface area contributed by atoms with E-state index in [1.54, 1.807) is 24.3 Å². The van der Waals surface area contributed by atoms with Crippen molar-refractivity contribution in [2.45, 2.75) is 39.0 Å². The van der Waals surface area contributed by atoms with Gasteiger partial charge in [0.2, 0.25) is 5.91 Å². The van der Waals surface area contributed by atoms with Gasteiger partial charge in [-0.1, -0.05) is 31.5 Å². The van der Waals surface area contributed by atoms with Gasteiger partial charge in [-0.05, 0) is 36.8 Å². The number of aromatic carboxylic acids is 1. The van der Waals surface area contributed by atoms with Gasteiger partial charge in [0.25, 0.3) is 0 Å². The molecule has 1 heterocycles. The number of amides is 1. The van der Waals surface area contributed by atoms with Crippen LogP contribution in [0, 0.1) is 5.92 Å². The third kappa shape index (κ3) is 4.06. The van der Waals surface area contributed by atoms with Crippen LogP contribution in [-0.4, -0.2) is 35.0 Å². The van der Waals surface area contributed by atoms with Crippen LogP contribution in [0.15, 0.2) is 24.3 Å². The van der Waals surface area contributed by atoms with E-state index in [9.17, 15) is 14.7 Å². The molecule has 1 aromatic carbocycles. The van der Waals surface area contributed by atoms with Crippen LogP contribution in [0.25, 0.3) is 0 Å². The van der Waals surface area contributed by atoms with Crippen LogP contribution in [0.4, 0.5) is 0 Å². The molecule has 114 valence electrons. The highest BCUT2D eigenvalue weighted by atomic mass is 16.4. The fourth-order valence-electron chi connectivity index (χ4n) is 2.98. The second-order valence-electron chi connectivity index (χ2n) is 5.73. The van der Waals surface area contributed by atoms with E-state index in [1.807, 2.05) is 4.90 Å². The lowest BCUT2D eigenvalue weighted by Gasteiger charge is -2.21. The maximum atomic E-state index is 12.4. The molecule has 0 aliphatic carbocycles. The zero-order valence-electron chi connectivity index (χ0n) is 12.5. The first-order valence-corrected chi connectivity index (χ1v) is 7.70. The first-order chi connectivity index (χ1) is 10.1. The van der Waals surface area contributed by atoms with Gasteiger partial charge in [-0.3, -0.25) is 4.79 Å². The molecule has 1 fully saturated rings. The number of carboxylic acid groups (broad SMARTS) is 1. The number of rotatable bonds is 4.